The number of hydrogen-bond acceptors (Lipinski definition) is 4. The highest BCUT2D eigenvalue weighted by Gasteiger charge is 2.41. The van der Waals surface area contributed by atoms with Gasteiger partial charge in [0.1, 0.15) is 11.4 Å². The van der Waals surface area contributed by atoms with Gasteiger partial charge >= 0.3 is 0 Å². The lowest BCUT2D eigenvalue weighted by Crippen LogP contribution is -2.32. The van der Waals surface area contributed by atoms with Crippen molar-refractivity contribution in [1.29, 1.82) is 0 Å². The number of para-hydroxylation sites is 2. The van der Waals surface area contributed by atoms with Crippen LogP contribution in [0, 0.1) is 27.7 Å². The molecule has 0 saturated carbocycles. The van der Waals surface area contributed by atoms with Gasteiger partial charge in [-0.1, -0.05) is 36.4 Å². The van der Waals surface area contributed by atoms with E-state index in [0.29, 0.717) is 22.6 Å². The number of carbonyl (C=O) groups is 2. The predicted molar refractivity (Wildman–Crippen MR) is 128 cm³/mol. The second kappa shape index (κ2) is 8.35. The zero-order valence-corrected chi connectivity index (χ0v) is 18.9. The molecule has 4 rings (SSSR count). The first kappa shape index (κ1) is 21.4. The molecule has 5 nitrogen and oxygen atoms in total. The van der Waals surface area contributed by atoms with E-state index in [1.807, 2.05) is 58.0 Å². The fourth-order valence-electron chi connectivity index (χ4n) is 4.03. The summed E-state index contributed by atoms with van der Waals surface area (Å²) in [5.74, 6) is -0.331. The van der Waals surface area contributed by atoms with Crippen molar-refractivity contribution >= 4 is 28.8 Å². The topological polar surface area (TPSA) is 58.6 Å². The number of rotatable bonds is 5. The van der Waals surface area contributed by atoms with Crippen molar-refractivity contribution in [2.45, 2.75) is 27.7 Å². The number of methoxy groups -OCH3 is 1. The largest absolute Gasteiger partial charge is 0.495 e. The van der Waals surface area contributed by atoms with E-state index in [4.69, 9.17) is 4.74 Å². The fourth-order valence-corrected chi connectivity index (χ4v) is 4.03. The molecule has 2 amide bonds. The molecule has 0 radical (unpaired) electrons. The molecule has 0 atom stereocenters. The molecule has 0 fully saturated rings. The lowest BCUT2D eigenvalue weighted by atomic mass is 9.99. The first-order chi connectivity index (χ1) is 15.3. The Kier molecular flexibility index (Phi) is 5.57. The maximum Gasteiger partial charge on any atom is 0.282 e. The maximum absolute atomic E-state index is 13.7. The van der Waals surface area contributed by atoms with Gasteiger partial charge in [0, 0.05) is 5.69 Å². The van der Waals surface area contributed by atoms with E-state index in [0.717, 1.165) is 27.9 Å². The predicted octanol–water partition coefficient (Wildman–Crippen LogP) is 5.33. The number of benzene rings is 3. The lowest BCUT2D eigenvalue weighted by molar-refractivity contribution is -0.120. The van der Waals surface area contributed by atoms with Crippen LogP contribution in [0.15, 0.2) is 66.4 Å². The average Bonchev–Trinajstić information content (AvgIpc) is 2.99. The lowest BCUT2D eigenvalue weighted by Gasteiger charge is -2.18. The van der Waals surface area contributed by atoms with Crippen LogP contribution < -0.4 is 15.0 Å². The number of aryl methyl sites for hydroxylation is 4. The van der Waals surface area contributed by atoms with Crippen LogP contribution in [0.5, 0.6) is 5.75 Å². The van der Waals surface area contributed by atoms with E-state index in [1.54, 1.807) is 24.3 Å². The van der Waals surface area contributed by atoms with Crippen molar-refractivity contribution < 1.29 is 14.3 Å². The Bertz CT molecular complexity index is 1250. The van der Waals surface area contributed by atoms with Gasteiger partial charge in [0.2, 0.25) is 0 Å². The highest BCUT2D eigenvalue weighted by molar-refractivity contribution is 6.46. The second-order valence-corrected chi connectivity index (χ2v) is 8.17. The summed E-state index contributed by atoms with van der Waals surface area (Å²) in [6.45, 7) is 8.01. The number of carbonyl (C=O) groups excluding carboxylic acids is 2. The van der Waals surface area contributed by atoms with Gasteiger partial charge in [0.15, 0.2) is 0 Å². The summed E-state index contributed by atoms with van der Waals surface area (Å²) in [5, 5.41) is 3.25. The summed E-state index contributed by atoms with van der Waals surface area (Å²) in [4.78, 5) is 28.5. The first-order valence-electron chi connectivity index (χ1n) is 10.5. The van der Waals surface area contributed by atoms with Gasteiger partial charge in [-0.3, -0.25) is 9.59 Å². The Hall–Kier alpha value is -3.86. The van der Waals surface area contributed by atoms with E-state index in [9.17, 15) is 9.59 Å². The van der Waals surface area contributed by atoms with Crippen molar-refractivity contribution in [2.24, 2.45) is 0 Å². The molecule has 32 heavy (non-hydrogen) atoms. The SMILES string of the molecule is COc1ccccc1N1C(=O)C(Nc2cc(C)cc(C)c2)=C(c2ccc(C)c(C)c2)C1=O. The number of anilines is 2. The van der Waals surface area contributed by atoms with Gasteiger partial charge in [0.25, 0.3) is 11.8 Å². The Morgan fingerprint density at radius 3 is 2.12 bits per heavy atom. The highest BCUT2D eigenvalue weighted by atomic mass is 16.5. The maximum atomic E-state index is 13.7. The van der Waals surface area contributed by atoms with E-state index in [-0.39, 0.29) is 11.6 Å². The van der Waals surface area contributed by atoms with Crippen LogP contribution in [-0.4, -0.2) is 18.9 Å². The molecular formula is C27H26N2O3. The zero-order valence-electron chi connectivity index (χ0n) is 18.9. The molecule has 1 N–H and O–H groups in total. The minimum absolute atomic E-state index is 0.258. The van der Waals surface area contributed by atoms with Crippen molar-refractivity contribution in [3.8, 4) is 5.75 Å². The number of ether oxygens (including phenoxy) is 1. The minimum Gasteiger partial charge on any atom is -0.495 e. The molecule has 3 aromatic carbocycles. The van der Waals surface area contributed by atoms with Gasteiger partial charge < -0.3 is 10.1 Å². The third-order valence-electron chi connectivity index (χ3n) is 5.70. The molecule has 162 valence electrons. The fraction of sp³-hybridized carbons (Fsp3) is 0.185. The quantitative estimate of drug-likeness (QED) is 0.561. The molecule has 0 spiro atoms. The van der Waals surface area contributed by atoms with Gasteiger partial charge in [-0.25, -0.2) is 4.90 Å². The van der Waals surface area contributed by atoms with Gasteiger partial charge in [-0.15, -0.1) is 0 Å². The summed E-state index contributed by atoms with van der Waals surface area (Å²) >= 11 is 0. The smallest absolute Gasteiger partial charge is 0.282 e. The molecule has 1 aliphatic rings. The van der Waals surface area contributed by atoms with E-state index >= 15 is 0 Å². The summed E-state index contributed by atoms with van der Waals surface area (Å²) in [7, 11) is 1.52. The zero-order chi connectivity index (χ0) is 23.0. The molecule has 1 aliphatic heterocycles. The summed E-state index contributed by atoms with van der Waals surface area (Å²) < 4.78 is 5.43. The van der Waals surface area contributed by atoms with E-state index in [1.165, 1.54) is 12.0 Å². The molecule has 0 unspecified atom stereocenters. The van der Waals surface area contributed by atoms with Gasteiger partial charge in [-0.05, 0) is 79.8 Å². The molecular weight excluding hydrogens is 400 g/mol. The van der Waals surface area contributed by atoms with Crippen molar-refractivity contribution in [3.05, 3.63) is 94.2 Å². The molecule has 0 aliphatic carbocycles. The molecule has 0 aromatic heterocycles. The molecule has 0 saturated heterocycles. The van der Waals surface area contributed by atoms with Gasteiger partial charge in [-0.2, -0.15) is 0 Å². The van der Waals surface area contributed by atoms with Crippen molar-refractivity contribution in [1.82, 2.24) is 0 Å². The highest BCUT2D eigenvalue weighted by Crippen LogP contribution is 2.38. The van der Waals surface area contributed by atoms with E-state index < -0.39 is 5.91 Å². The normalized spacial score (nSPS) is 13.7. The van der Waals surface area contributed by atoms with Crippen LogP contribution in [0.25, 0.3) is 5.57 Å². The monoisotopic (exact) mass is 426 g/mol. The summed E-state index contributed by atoms with van der Waals surface area (Å²) in [5.41, 5.74) is 6.81. The van der Waals surface area contributed by atoms with E-state index in [2.05, 4.69) is 11.4 Å². The number of amides is 2. The van der Waals surface area contributed by atoms with Crippen LogP contribution in [0.3, 0.4) is 0 Å². The van der Waals surface area contributed by atoms with Crippen LogP contribution in [0.2, 0.25) is 0 Å². The third-order valence-corrected chi connectivity index (χ3v) is 5.70. The second-order valence-electron chi connectivity index (χ2n) is 8.17. The first-order valence-corrected chi connectivity index (χ1v) is 10.5. The van der Waals surface area contributed by atoms with Crippen LogP contribution in [0.4, 0.5) is 11.4 Å². The number of nitrogens with zero attached hydrogens (tertiary/aromatic N) is 1. The minimum atomic E-state index is -0.410. The summed E-state index contributed by atoms with van der Waals surface area (Å²) in [6, 6.07) is 18.8. The number of hydrogen-bond donors (Lipinski definition) is 1. The number of imide groups is 1. The Labute approximate surface area is 188 Å². The number of nitrogens with one attached hydrogen (secondary N) is 1. The van der Waals surface area contributed by atoms with Crippen LogP contribution in [0.1, 0.15) is 27.8 Å². The van der Waals surface area contributed by atoms with Crippen LogP contribution in [-0.2, 0) is 9.59 Å². The Morgan fingerprint density at radius 1 is 0.781 bits per heavy atom. The molecule has 5 heteroatoms. The Balaban J connectivity index is 1.88. The van der Waals surface area contributed by atoms with Crippen LogP contribution >= 0.6 is 0 Å². The molecule has 3 aromatic rings. The summed E-state index contributed by atoms with van der Waals surface area (Å²) in [6.07, 6.45) is 0. The average molecular weight is 427 g/mol. The van der Waals surface area contributed by atoms with Crippen molar-refractivity contribution in [3.63, 3.8) is 0 Å². The molecule has 1 heterocycles. The molecule has 0 bridgehead atoms. The van der Waals surface area contributed by atoms with Gasteiger partial charge in [0.05, 0.1) is 18.4 Å². The van der Waals surface area contributed by atoms with Crippen molar-refractivity contribution in [2.75, 3.05) is 17.3 Å². The Morgan fingerprint density at radius 2 is 1.47 bits per heavy atom. The standard InChI is InChI=1S/C27H26N2O3/c1-16-12-17(2)14-21(13-16)28-25-24(20-11-10-18(3)19(4)15-20)26(30)29(27(25)31)22-8-6-7-9-23(22)32-5/h6-15,28H,1-5H3. The third kappa shape index (κ3) is 3.78.